The van der Waals surface area contributed by atoms with Gasteiger partial charge in [-0.25, -0.2) is 4.98 Å². The normalized spacial score (nSPS) is 14.6. The van der Waals surface area contributed by atoms with E-state index in [-0.39, 0.29) is 6.10 Å². The minimum Gasteiger partial charge on any atom is -0.493 e. The van der Waals surface area contributed by atoms with Gasteiger partial charge in [0, 0.05) is 23.4 Å². The molecule has 1 aliphatic carbocycles. The van der Waals surface area contributed by atoms with Gasteiger partial charge in [0.05, 0.1) is 24.6 Å². The lowest BCUT2D eigenvalue weighted by Crippen LogP contribution is -2.12. The number of aliphatic imine (C=N–C) groups is 1. The van der Waals surface area contributed by atoms with Crippen LogP contribution >= 0.6 is 11.3 Å². The van der Waals surface area contributed by atoms with Crippen LogP contribution in [-0.2, 0) is 0 Å². The van der Waals surface area contributed by atoms with E-state index in [0.29, 0.717) is 0 Å². The lowest BCUT2D eigenvalue weighted by molar-refractivity contribution is 0.200. The molecule has 1 fully saturated rings. The van der Waals surface area contributed by atoms with Gasteiger partial charge in [-0.3, -0.25) is 4.99 Å². The van der Waals surface area contributed by atoms with Gasteiger partial charge < -0.3 is 14.8 Å². The zero-order chi connectivity index (χ0) is 20.6. The highest BCUT2D eigenvalue weighted by atomic mass is 32.1. The van der Waals surface area contributed by atoms with Crippen LogP contribution in [0.4, 0.5) is 16.5 Å². The molecule has 1 heterocycles. The summed E-state index contributed by atoms with van der Waals surface area (Å²) < 4.78 is 11.8. The molecule has 30 heavy (non-hydrogen) atoms. The second-order valence-corrected chi connectivity index (χ2v) is 7.91. The SMILES string of the molecule is COc1cccc(/C=C/C=N/c2ccccc2Nc2nccs2)c1OC1CCCC1. The van der Waals surface area contributed by atoms with Crippen LogP contribution in [0, 0.1) is 0 Å². The number of anilines is 2. The molecule has 0 radical (unpaired) electrons. The molecule has 1 N–H and O–H groups in total. The van der Waals surface area contributed by atoms with Gasteiger partial charge in [-0.2, -0.15) is 0 Å². The van der Waals surface area contributed by atoms with Gasteiger partial charge in [-0.15, -0.1) is 11.3 Å². The molecule has 0 saturated heterocycles. The van der Waals surface area contributed by atoms with Crippen molar-refractivity contribution in [1.82, 2.24) is 4.98 Å². The Labute approximate surface area is 181 Å². The van der Waals surface area contributed by atoms with Crippen molar-refractivity contribution in [3.8, 4) is 11.5 Å². The first-order valence-corrected chi connectivity index (χ1v) is 11.0. The Morgan fingerprint density at radius 3 is 2.80 bits per heavy atom. The summed E-state index contributed by atoms with van der Waals surface area (Å²) >= 11 is 1.56. The first kappa shape index (κ1) is 20.2. The van der Waals surface area contributed by atoms with Crippen LogP contribution in [0.15, 0.2) is 65.1 Å². The number of hydrogen-bond donors (Lipinski definition) is 1. The maximum absolute atomic E-state index is 6.29. The van der Waals surface area contributed by atoms with E-state index >= 15 is 0 Å². The molecule has 6 heteroatoms. The second kappa shape index (κ2) is 10.1. The Morgan fingerprint density at radius 1 is 1.13 bits per heavy atom. The van der Waals surface area contributed by atoms with Crippen LogP contribution in [0.5, 0.6) is 11.5 Å². The molecule has 2 aromatic carbocycles. The summed E-state index contributed by atoms with van der Waals surface area (Å²) in [6.45, 7) is 0. The number of benzene rings is 2. The minimum atomic E-state index is 0.269. The zero-order valence-electron chi connectivity index (χ0n) is 17.0. The number of rotatable bonds is 8. The van der Waals surface area contributed by atoms with Gasteiger partial charge in [0.2, 0.25) is 0 Å². The van der Waals surface area contributed by atoms with Crippen LogP contribution in [0.2, 0.25) is 0 Å². The van der Waals surface area contributed by atoms with E-state index in [1.807, 2.05) is 60.0 Å². The number of ether oxygens (including phenoxy) is 2. The molecule has 1 aliphatic rings. The van der Waals surface area contributed by atoms with Crippen molar-refractivity contribution in [2.24, 2.45) is 4.99 Å². The number of para-hydroxylation sites is 3. The molecule has 1 aromatic heterocycles. The molecule has 0 aliphatic heterocycles. The molecule has 0 spiro atoms. The molecule has 0 bridgehead atoms. The average molecular weight is 420 g/mol. The standard InChI is InChI=1S/C24H25N3O2S/c1-28-22-14-6-8-18(23(22)29-19-10-2-3-11-19)9-7-15-25-20-12-4-5-13-21(20)27-24-26-16-17-30-24/h4-9,12-17,19H,2-3,10-11H2,1H3,(H,26,27)/b9-7+,25-15+. The number of aromatic nitrogens is 1. The van der Waals surface area contributed by atoms with Gasteiger partial charge in [0.1, 0.15) is 0 Å². The van der Waals surface area contributed by atoms with Crippen molar-refractivity contribution < 1.29 is 9.47 Å². The monoisotopic (exact) mass is 419 g/mol. The van der Waals surface area contributed by atoms with Crippen molar-refractivity contribution in [1.29, 1.82) is 0 Å². The van der Waals surface area contributed by atoms with Crippen LogP contribution < -0.4 is 14.8 Å². The van der Waals surface area contributed by atoms with E-state index in [1.165, 1.54) is 12.8 Å². The minimum absolute atomic E-state index is 0.269. The molecular formula is C24H25N3O2S. The fourth-order valence-corrected chi connectivity index (χ4v) is 4.03. The first-order valence-electron chi connectivity index (χ1n) is 10.1. The fourth-order valence-electron chi connectivity index (χ4n) is 3.49. The maximum Gasteiger partial charge on any atom is 0.187 e. The van der Waals surface area contributed by atoms with Gasteiger partial charge >= 0.3 is 0 Å². The molecule has 0 amide bonds. The molecule has 3 aromatic rings. The van der Waals surface area contributed by atoms with E-state index in [0.717, 1.165) is 46.4 Å². The number of methoxy groups -OCH3 is 1. The Hall–Kier alpha value is -3.12. The van der Waals surface area contributed by atoms with Gasteiger partial charge in [0.15, 0.2) is 16.6 Å². The number of allylic oxidation sites excluding steroid dienone is 1. The molecular weight excluding hydrogens is 394 g/mol. The molecule has 154 valence electrons. The zero-order valence-corrected chi connectivity index (χ0v) is 17.8. The lowest BCUT2D eigenvalue weighted by atomic mass is 10.1. The predicted molar refractivity (Wildman–Crippen MR) is 125 cm³/mol. The molecule has 5 nitrogen and oxygen atoms in total. The van der Waals surface area contributed by atoms with Crippen molar-refractivity contribution >= 4 is 40.1 Å². The summed E-state index contributed by atoms with van der Waals surface area (Å²) in [4.78, 5) is 8.88. The van der Waals surface area contributed by atoms with Gasteiger partial charge in [0.25, 0.3) is 0 Å². The quantitative estimate of drug-likeness (QED) is 0.416. The third-order valence-corrected chi connectivity index (χ3v) is 5.66. The molecule has 4 rings (SSSR count). The Morgan fingerprint density at radius 2 is 2.00 bits per heavy atom. The Bertz CT molecular complexity index is 1010. The number of hydrogen-bond acceptors (Lipinski definition) is 6. The summed E-state index contributed by atoms with van der Waals surface area (Å²) in [5.41, 5.74) is 2.76. The van der Waals surface area contributed by atoms with Crippen molar-refractivity contribution in [3.05, 3.63) is 65.7 Å². The van der Waals surface area contributed by atoms with E-state index in [4.69, 9.17) is 9.47 Å². The summed E-state index contributed by atoms with van der Waals surface area (Å²) in [6, 6.07) is 13.9. The largest absolute Gasteiger partial charge is 0.493 e. The van der Waals surface area contributed by atoms with Crippen LogP contribution in [-0.4, -0.2) is 24.4 Å². The Kier molecular flexibility index (Phi) is 6.77. The van der Waals surface area contributed by atoms with E-state index in [2.05, 4.69) is 15.3 Å². The van der Waals surface area contributed by atoms with Crippen molar-refractivity contribution in [2.45, 2.75) is 31.8 Å². The van der Waals surface area contributed by atoms with Gasteiger partial charge in [-0.05, 0) is 56.0 Å². The highest BCUT2D eigenvalue weighted by molar-refractivity contribution is 7.13. The maximum atomic E-state index is 6.29. The lowest BCUT2D eigenvalue weighted by Gasteiger charge is -2.17. The summed E-state index contributed by atoms with van der Waals surface area (Å²) in [5, 5.41) is 6.10. The van der Waals surface area contributed by atoms with Crippen LogP contribution in [0.1, 0.15) is 31.2 Å². The smallest absolute Gasteiger partial charge is 0.187 e. The average Bonchev–Trinajstić information content (AvgIpc) is 3.47. The summed E-state index contributed by atoms with van der Waals surface area (Å²) in [7, 11) is 1.68. The van der Waals surface area contributed by atoms with Gasteiger partial charge in [-0.1, -0.05) is 24.3 Å². The molecule has 0 unspecified atom stereocenters. The fraction of sp³-hybridized carbons (Fsp3) is 0.250. The molecule has 1 saturated carbocycles. The Balaban J connectivity index is 1.50. The van der Waals surface area contributed by atoms with Crippen LogP contribution in [0.25, 0.3) is 6.08 Å². The second-order valence-electron chi connectivity index (χ2n) is 7.02. The van der Waals surface area contributed by atoms with Crippen LogP contribution in [0.3, 0.4) is 0 Å². The third kappa shape index (κ3) is 5.07. The highest BCUT2D eigenvalue weighted by Gasteiger charge is 2.19. The summed E-state index contributed by atoms with van der Waals surface area (Å²) in [6.07, 6.45) is 12.4. The highest BCUT2D eigenvalue weighted by Crippen LogP contribution is 2.35. The van der Waals surface area contributed by atoms with E-state index in [9.17, 15) is 0 Å². The third-order valence-electron chi connectivity index (χ3n) is 4.97. The van der Waals surface area contributed by atoms with Crippen molar-refractivity contribution in [3.63, 3.8) is 0 Å². The first-order chi connectivity index (χ1) is 14.8. The summed E-state index contributed by atoms with van der Waals surface area (Å²) in [5.74, 6) is 1.57. The van der Waals surface area contributed by atoms with E-state index < -0.39 is 0 Å². The predicted octanol–water partition coefficient (Wildman–Crippen LogP) is 6.63. The molecule has 0 atom stereocenters. The number of nitrogens with zero attached hydrogens (tertiary/aromatic N) is 2. The van der Waals surface area contributed by atoms with E-state index in [1.54, 1.807) is 30.9 Å². The van der Waals surface area contributed by atoms with Crippen molar-refractivity contribution in [2.75, 3.05) is 12.4 Å². The number of thiazole rings is 1. The number of nitrogens with one attached hydrogen (secondary N) is 1. The topological polar surface area (TPSA) is 55.7 Å².